The monoisotopic (exact) mass is 309 g/mol. The van der Waals surface area contributed by atoms with Gasteiger partial charge in [0.05, 0.1) is 5.25 Å². The Labute approximate surface area is 107 Å². The van der Waals surface area contributed by atoms with E-state index in [1.807, 2.05) is 0 Å². The molecule has 16 heavy (non-hydrogen) atoms. The largest absolute Gasteiger partial charge is 0.216 e. The van der Waals surface area contributed by atoms with Gasteiger partial charge in [-0.15, -0.1) is 0 Å². The molecule has 0 N–H and O–H groups in total. The van der Waals surface area contributed by atoms with Gasteiger partial charge in [0.25, 0.3) is 0 Å². The quantitative estimate of drug-likeness (QED) is 0.748. The van der Waals surface area contributed by atoms with Gasteiger partial charge in [-0.05, 0) is 31.6 Å². The van der Waals surface area contributed by atoms with Gasteiger partial charge in [-0.25, -0.2) is 12.7 Å². The summed E-state index contributed by atoms with van der Waals surface area (Å²) in [6, 6.07) is 0. The van der Waals surface area contributed by atoms with Gasteiger partial charge in [-0.3, -0.25) is 0 Å². The van der Waals surface area contributed by atoms with Crippen molar-refractivity contribution in [1.29, 1.82) is 0 Å². The summed E-state index contributed by atoms with van der Waals surface area (Å²) in [5.74, 6) is 0.561. The highest BCUT2D eigenvalue weighted by molar-refractivity contribution is 9.09. The molecule has 0 unspecified atom stereocenters. The molecule has 3 nitrogen and oxygen atoms in total. The Kier molecular flexibility index (Phi) is 3.97. The maximum atomic E-state index is 12.2. The molecular weight excluding hydrogens is 290 g/mol. The molecule has 2 aliphatic rings. The fraction of sp³-hybridized carbons (Fsp3) is 1.00. The van der Waals surface area contributed by atoms with Crippen LogP contribution in [0.2, 0.25) is 0 Å². The molecule has 0 saturated heterocycles. The smallest absolute Gasteiger partial charge is 0.212 e. The van der Waals surface area contributed by atoms with Crippen LogP contribution in [0, 0.1) is 5.92 Å². The van der Waals surface area contributed by atoms with Gasteiger partial charge in [0.1, 0.15) is 0 Å². The minimum Gasteiger partial charge on any atom is -0.212 e. The molecule has 0 spiro atoms. The van der Waals surface area contributed by atoms with Crippen molar-refractivity contribution >= 4 is 26.0 Å². The molecule has 0 aliphatic heterocycles. The molecule has 0 aromatic carbocycles. The highest BCUT2D eigenvalue weighted by Crippen LogP contribution is 2.35. The van der Waals surface area contributed by atoms with E-state index in [0.717, 1.165) is 38.5 Å². The molecule has 94 valence electrons. The van der Waals surface area contributed by atoms with E-state index >= 15 is 0 Å². The Morgan fingerprint density at radius 1 is 1.25 bits per heavy atom. The summed E-state index contributed by atoms with van der Waals surface area (Å²) < 4.78 is 26.0. The van der Waals surface area contributed by atoms with Crippen LogP contribution in [-0.2, 0) is 10.0 Å². The Balaban J connectivity index is 1.89. The third kappa shape index (κ3) is 2.62. The number of rotatable bonds is 4. The van der Waals surface area contributed by atoms with E-state index in [-0.39, 0.29) is 5.25 Å². The van der Waals surface area contributed by atoms with Crippen LogP contribution in [0.15, 0.2) is 0 Å². The van der Waals surface area contributed by atoms with Gasteiger partial charge in [-0.2, -0.15) is 0 Å². The average molecular weight is 310 g/mol. The number of hydrogen-bond acceptors (Lipinski definition) is 2. The lowest BCUT2D eigenvalue weighted by atomic mass is 9.85. The maximum Gasteiger partial charge on any atom is 0.216 e. The van der Waals surface area contributed by atoms with Crippen LogP contribution in [0.1, 0.15) is 38.5 Å². The molecule has 0 atom stereocenters. The molecule has 2 fully saturated rings. The van der Waals surface area contributed by atoms with Crippen LogP contribution >= 0.6 is 15.9 Å². The van der Waals surface area contributed by atoms with Crippen molar-refractivity contribution in [3.8, 4) is 0 Å². The number of halogens is 1. The Bertz CT molecular complexity index is 332. The average Bonchev–Trinajstić information content (AvgIpc) is 2.68. The van der Waals surface area contributed by atoms with Crippen molar-refractivity contribution in [2.75, 3.05) is 13.6 Å². The van der Waals surface area contributed by atoms with Gasteiger partial charge in [0.15, 0.2) is 0 Å². The van der Waals surface area contributed by atoms with Gasteiger partial charge >= 0.3 is 0 Å². The summed E-state index contributed by atoms with van der Waals surface area (Å²) in [6.45, 7) is 0.709. The van der Waals surface area contributed by atoms with Crippen molar-refractivity contribution in [2.45, 2.75) is 48.6 Å². The van der Waals surface area contributed by atoms with E-state index in [0.29, 0.717) is 17.3 Å². The first-order valence-electron chi connectivity index (χ1n) is 6.09. The molecule has 5 heteroatoms. The summed E-state index contributed by atoms with van der Waals surface area (Å²) >= 11 is 3.54. The molecule has 0 bridgehead atoms. The lowest BCUT2D eigenvalue weighted by Crippen LogP contribution is -2.41. The van der Waals surface area contributed by atoms with E-state index in [9.17, 15) is 8.42 Å². The minimum atomic E-state index is -3.01. The van der Waals surface area contributed by atoms with Crippen LogP contribution in [-0.4, -0.2) is 36.4 Å². The van der Waals surface area contributed by atoms with Gasteiger partial charge in [0, 0.05) is 18.4 Å². The summed E-state index contributed by atoms with van der Waals surface area (Å²) in [6.07, 6.45) is 6.10. The molecule has 0 heterocycles. The lowest BCUT2D eigenvalue weighted by Gasteiger charge is -2.34. The SMILES string of the molecule is CN(CC1CC(Br)C1)S(=O)(=O)C1CCCC1. The first-order valence-corrected chi connectivity index (χ1v) is 8.51. The predicted molar refractivity (Wildman–Crippen MR) is 69.2 cm³/mol. The number of alkyl halides is 1. The van der Waals surface area contributed by atoms with Crippen LogP contribution < -0.4 is 0 Å². The van der Waals surface area contributed by atoms with Crippen LogP contribution in [0.5, 0.6) is 0 Å². The normalized spacial score (nSPS) is 31.9. The number of hydrogen-bond donors (Lipinski definition) is 0. The Morgan fingerprint density at radius 3 is 2.31 bits per heavy atom. The third-order valence-corrected chi connectivity index (χ3v) is 6.93. The van der Waals surface area contributed by atoms with Crippen LogP contribution in [0.25, 0.3) is 0 Å². The van der Waals surface area contributed by atoms with E-state index in [1.165, 1.54) is 0 Å². The summed E-state index contributed by atoms with van der Waals surface area (Å²) in [5, 5.41) is -0.0997. The first kappa shape index (κ1) is 12.8. The summed E-state index contributed by atoms with van der Waals surface area (Å²) in [5.41, 5.74) is 0. The molecular formula is C11H20BrNO2S. The zero-order valence-corrected chi connectivity index (χ0v) is 12.1. The molecule has 0 radical (unpaired) electrons. The second kappa shape index (κ2) is 4.94. The molecule has 0 aromatic rings. The minimum absolute atomic E-state index is 0.0997. The first-order chi connectivity index (χ1) is 7.50. The Morgan fingerprint density at radius 2 is 1.81 bits per heavy atom. The molecule has 2 saturated carbocycles. The highest BCUT2D eigenvalue weighted by atomic mass is 79.9. The van der Waals surface area contributed by atoms with E-state index < -0.39 is 10.0 Å². The number of sulfonamides is 1. The van der Waals surface area contributed by atoms with E-state index in [1.54, 1.807) is 11.4 Å². The van der Waals surface area contributed by atoms with Crippen molar-refractivity contribution in [3.63, 3.8) is 0 Å². The van der Waals surface area contributed by atoms with Crippen molar-refractivity contribution in [3.05, 3.63) is 0 Å². The van der Waals surface area contributed by atoms with Gasteiger partial charge < -0.3 is 0 Å². The molecule has 2 rings (SSSR count). The lowest BCUT2D eigenvalue weighted by molar-refractivity contribution is 0.274. The third-order valence-electron chi connectivity index (χ3n) is 3.85. The maximum absolute atomic E-state index is 12.2. The summed E-state index contributed by atoms with van der Waals surface area (Å²) in [4.78, 5) is 0.611. The zero-order chi connectivity index (χ0) is 11.8. The predicted octanol–water partition coefficient (Wildman–Crippen LogP) is 2.36. The highest BCUT2D eigenvalue weighted by Gasteiger charge is 2.35. The fourth-order valence-electron chi connectivity index (χ4n) is 2.71. The van der Waals surface area contributed by atoms with Crippen molar-refractivity contribution in [1.82, 2.24) is 4.31 Å². The van der Waals surface area contributed by atoms with Crippen LogP contribution in [0.4, 0.5) is 0 Å². The number of nitrogens with zero attached hydrogens (tertiary/aromatic N) is 1. The van der Waals surface area contributed by atoms with Crippen molar-refractivity contribution in [2.24, 2.45) is 5.92 Å². The van der Waals surface area contributed by atoms with Crippen LogP contribution in [0.3, 0.4) is 0 Å². The Hall–Kier alpha value is 0.390. The standard InChI is InChI=1S/C11H20BrNO2S/c1-13(8-9-6-10(12)7-9)16(14,15)11-4-2-3-5-11/h9-11H,2-8H2,1H3. The summed E-state index contributed by atoms with van der Waals surface area (Å²) in [7, 11) is -1.26. The fourth-order valence-corrected chi connectivity index (χ4v) is 5.63. The second-order valence-corrected chi connectivity index (χ2v) is 8.78. The molecule has 0 amide bonds. The van der Waals surface area contributed by atoms with Crippen molar-refractivity contribution < 1.29 is 8.42 Å². The van der Waals surface area contributed by atoms with E-state index in [2.05, 4.69) is 15.9 Å². The van der Waals surface area contributed by atoms with Gasteiger partial charge in [-0.1, -0.05) is 28.8 Å². The molecule has 0 aromatic heterocycles. The van der Waals surface area contributed by atoms with Gasteiger partial charge in [0.2, 0.25) is 10.0 Å². The topological polar surface area (TPSA) is 37.4 Å². The van der Waals surface area contributed by atoms with E-state index in [4.69, 9.17) is 0 Å². The zero-order valence-electron chi connectivity index (χ0n) is 9.73. The second-order valence-electron chi connectivity index (χ2n) is 5.17. The molecule has 2 aliphatic carbocycles.